The first-order valence-corrected chi connectivity index (χ1v) is 7.50. The molecule has 22 heavy (non-hydrogen) atoms. The summed E-state index contributed by atoms with van der Waals surface area (Å²) in [4.78, 5) is 12.2. The molecule has 0 radical (unpaired) electrons. The van der Waals surface area contributed by atoms with Gasteiger partial charge in [0.05, 0.1) is 5.69 Å². The zero-order valence-corrected chi connectivity index (χ0v) is 12.7. The van der Waals surface area contributed by atoms with E-state index in [1.54, 1.807) is 0 Å². The number of rotatable bonds is 5. The van der Waals surface area contributed by atoms with Gasteiger partial charge >= 0.3 is 0 Å². The van der Waals surface area contributed by atoms with Crippen LogP contribution in [0.1, 0.15) is 23.6 Å². The molecular formula is C19H19NO2. The number of carbonyl (C=O) groups excluding carboxylic acids is 1. The molecule has 0 amide bonds. The van der Waals surface area contributed by atoms with Gasteiger partial charge in [0.15, 0.2) is 11.6 Å². The molecule has 3 heteroatoms. The van der Waals surface area contributed by atoms with Gasteiger partial charge in [-0.15, -0.1) is 0 Å². The molecule has 0 aliphatic carbocycles. The lowest BCUT2D eigenvalue weighted by Crippen LogP contribution is -2.06. The SMILES string of the molecule is C=C1Nc2ccc(CC(=O)Cc3ccc(CC)cc3)cc2O1. The number of ketones is 1. The van der Waals surface area contributed by atoms with Crippen molar-refractivity contribution >= 4 is 11.5 Å². The van der Waals surface area contributed by atoms with E-state index in [4.69, 9.17) is 4.74 Å². The largest absolute Gasteiger partial charge is 0.440 e. The molecule has 2 aromatic rings. The van der Waals surface area contributed by atoms with Gasteiger partial charge in [0.2, 0.25) is 0 Å². The van der Waals surface area contributed by atoms with Crippen molar-refractivity contribution in [2.75, 3.05) is 5.32 Å². The van der Waals surface area contributed by atoms with Crippen LogP contribution in [-0.4, -0.2) is 5.78 Å². The molecule has 3 nitrogen and oxygen atoms in total. The highest BCUT2D eigenvalue weighted by atomic mass is 16.5. The van der Waals surface area contributed by atoms with Gasteiger partial charge in [0.25, 0.3) is 0 Å². The Balaban J connectivity index is 1.64. The molecule has 0 saturated carbocycles. The first-order chi connectivity index (χ1) is 10.6. The predicted octanol–water partition coefficient (Wildman–Crippen LogP) is 3.88. The maximum Gasteiger partial charge on any atom is 0.190 e. The van der Waals surface area contributed by atoms with Crippen molar-refractivity contribution in [2.24, 2.45) is 0 Å². The number of nitrogens with one attached hydrogen (secondary N) is 1. The monoisotopic (exact) mass is 293 g/mol. The number of fused-ring (bicyclic) bond motifs is 1. The summed E-state index contributed by atoms with van der Waals surface area (Å²) in [5.41, 5.74) is 4.22. The maximum atomic E-state index is 12.2. The summed E-state index contributed by atoms with van der Waals surface area (Å²) in [5.74, 6) is 1.46. The standard InChI is InChI=1S/C19H19NO2/c1-3-14-4-6-15(7-5-14)10-17(21)11-16-8-9-18-19(12-16)22-13(2)20-18/h4-9,12,20H,2-3,10-11H2,1H3. The minimum absolute atomic E-state index is 0.203. The van der Waals surface area contributed by atoms with Crippen LogP contribution in [0, 0.1) is 0 Å². The third-order valence-corrected chi connectivity index (χ3v) is 3.79. The van der Waals surface area contributed by atoms with Gasteiger partial charge in [-0.05, 0) is 41.8 Å². The number of aryl methyl sites for hydroxylation is 1. The fourth-order valence-corrected chi connectivity index (χ4v) is 2.58. The van der Waals surface area contributed by atoms with Gasteiger partial charge < -0.3 is 10.1 Å². The molecule has 0 spiro atoms. The minimum Gasteiger partial charge on any atom is -0.440 e. The van der Waals surface area contributed by atoms with E-state index < -0.39 is 0 Å². The third-order valence-electron chi connectivity index (χ3n) is 3.79. The Morgan fingerprint density at radius 3 is 2.41 bits per heavy atom. The number of carbonyl (C=O) groups is 1. The lowest BCUT2D eigenvalue weighted by Gasteiger charge is -2.05. The number of anilines is 1. The summed E-state index contributed by atoms with van der Waals surface area (Å²) in [6.45, 7) is 5.85. The normalized spacial score (nSPS) is 12.5. The first kappa shape index (κ1) is 14.4. The molecule has 1 N–H and O–H groups in total. The number of hydrogen-bond donors (Lipinski definition) is 1. The smallest absolute Gasteiger partial charge is 0.190 e. The van der Waals surface area contributed by atoms with Crippen molar-refractivity contribution in [2.45, 2.75) is 26.2 Å². The van der Waals surface area contributed by atoms with E-state index in [0.29, 0.717) is 18.7 Å². The Kier molecular flexibility index (Phi) is 3.96. The summed E-state index contributed by atoms with van der Waals surface area (Å²) >= 11 is 0. The average Bonchev–Trinajstić information content (AvgIpc) is 2.87. The fourth-order valence-electron chi connectivity index (χ4n) is 2.58. The van der Waals surface area contributed by atoms with E-state index in [9.17, 15) is 4.79 Å². The van der Waals surface area contributed by atoms with E-state index in [1.807, 2.05) is 30.3 Å². The molecule has 0 aromatic heterocycles. The Bertz CT molecular complexity index is 717. The maximum absolute atomic E-state index is 12.2. The van der Waals surface area contributed by atoms with Crippen LogP contribution in [0.3, 0.4) is 0 Å². The zero-order chi connectivity index (χ0) is 15.5. The molecule has 2 aromatic carbocycles. The molecule has 1 heterocycles. The highest BCUT2D eigenvalue weighted by Gasteiger charge is 2.16. The molecule has 112 valence electrons. The van der Waals surface area contributed by atoms with Crippen LogP contribution < -0.4 is 10.1 Å². The van der Waals surface area contributed by atoms with Crippen molar-refractivity contribution in [3.05, 3.63) is 71.6 Å². The summed E-state index contributed by atoms with van der Waals surface area (Å²) in [6, 6.07) is 14.0. The van der Waals surface area contributed by atoms with Gasteiger partial charge in [-0.1, -0.05) is 37.3 Å². The van der Waals surface area contributed by atoms with Gasteiger partial charge in [-0.3, -0.25) is 4.79 Å². The molecule has 0 unspecified atom stereocenters. The van der Waals surface area contributed by atoms with E-state index in [1.165, 1.54) is 5.56 Å². The number of benzene rings is 2. The molecule has 3 rings (SSSR count). The molecule has 0 saturated heterocycles. The van der Waals surface area contributed by atoms with E-state index in [2.05, 4.69) is 31.0 Å². The third kappa shape index (κ3) is 3.19. The first-order valence-electron chi connectivity index (χ1n) is 7.50. The van der Waals surface area contributed by atoms with Crippen molar-refractivity contribution < 1.29 is 9.53 Å². The van der Waals surface area contributed by atoms with Crippen molar-refractivity contribution in [1.29, 1.82) is 0 Å². The topological polar surface area (TPSA) is 38.3 Å². The second kappa shape index (κ2) is 6.06. The fraction of sp³-hybridized carbons (Fsp3) is 0.211. The summed E-state index contributed by atoms with van der Waals surface area (Å²) in [6.07, 6.45) is 1.90. The predicted molar refractivity (Wildman–Crippen MR) is 88.1 cm³/mol. The number of hydrogen-bond acceptors (Lipinski definition) is 3. The van der Waals surface area contributed by atoms with Crippen molar-refractivity contribution in [3.63, 3.8) is 0 Å². The van der Waals surface area contributed by atoms with Crippen LogP contribution in [0.5, 0.6) is 5.75 Å². The zero-order valence-electron chi connectivity index (χ0n) is 12.7. The van der Waals surface area contributed by atoms with Crippen LogP contribution >= 0.6 is 0 Å². The second-order valence-electron chi connectivity index (χ2n) is 5.54. The van der Waals surface area contributed by atoms with E-state index in [0.717, 1.165) is 29.0 Å². The number of Topliss-reactive ketones (excluding diaryl/α,β-unsaturated/α-hetero) is 1. The average molecular weight is 293 g/mol. The van der Waals surface area contributed by atoms with E-state index in [-0.39, 0.29) is 5.78 Å². The quantitative estimate of drug-likeness (QED) is 0.909. The van der Waals surface area contributed by atoms with Crippen molar-refractivity contribution in [3.8, 4) is 5.75 Å². The highest BCUT2D eigenvalue weighted by Crippen LogP contribution is 2.33. The summed E-state index contributed by atoms with van der Waals surface area (Å²) in [7, 11) is 0. The van der Waals surface area contributed by atoms with Crippen LogP contribution in [0.4, 0.5) is 5.69 Å². The lowest BCUT2D eigenvalue weighted by atomic mass is 10.0. The Hall–Kier alpha value is -2.55. The Morgan fingerprint density at radius 2 is 1.68 bits per heavy atom. The molecule has 0 fully saturated rings. The molecule has 1 aliphatic heterocycles. The van der Waals surface area contributed by atoms with Crippen molar-refractivity contribution in [1.82, 2.24) is 0 Å². The van der Waals surface area contributed by atoms with Gasteiger partial charge in [0, 0.05) is 12.8 Å². The molecule has 1 aliphatic rings. The van der Waals surface area contributed by atoms with Crippen LogP contribution in [0.15, 0.2) is 54.9 Å². The molecule has 0 bridgehead atoms. The number of ether oxygens (including phenoxy) is 1. The van der Waals surface area contributed by atoms with Crippen LogP contribution in [0.2, 0.25) is 0 Å². The van der Waals surface area contributed by atoms with Gasteiger partial charge in [0.1, 0.15) is 5.78 Å². The van der Waals surface area contributed by atoms with Crippen LogP contribution in [-0.2, 0) is 24.1 Å². The Labute approximate surface area is 130 Å². The summed E-state index contributed by atoms with van der Waals surface area (Å²) in [5, 5.41) is 3.03. The van der Waals surface area contributed by atoms with E-state index >= 15 is 0 Å². The summed E-state index contributed by atoms with van der Waals surface area (Å²) < 4.78 is 5.46. The van der Waals surface area contributed by atoms with Gasteiger partial charge in [-0.25, -0.2) is 0 Å². The molecular weight excluding hydrogens is 274 g/mol. The van der Waals surface area contributed by atoms with Gasteiger partial charge in [-0.2, -0.15) is 0 Å². The second-order valence-corrected chi connectivity index (χ2v) is 5.54. The molecule has 0 atom stereocenters. The Morgan fingerprint density at radius 1 is 1.05 bits per heavy atom. The lowest BCUT2D eigenvalue weighted by molar-refractivity contribution is -0.117. The van der Waals surface area contributed by atoms with Crippen LogP contribution in [0.25, 0.3) is 0 Å². The highest BCUT2D eigenvalue weighted by molar-refractivity contribution is 5.83. The minimum atomic E-state index is 0.203.